The molecule has 1 aliphatic rings. The summed E-state index contributed by atoms with van der Waals surface area (Å²) in [6.45, 7) is 8.10. The van der Waals surface area contributed by atoms with Gasteiger partial charge in [-0.05, 0) is 26.0 Å². The lowest BCUT2D eigenvalue weighted by molar-refractivity contribution is 0.122. The first-order chi connectivity index (χ1) is 9.60. The second kappa shape index (κ2) is 6.72. The van der Waals surface area contributed by atoms with Gasteiger partial charge < -0.3 is 16.0 Å². The molecule has 1 aliphatic heterocycles. The Labute approximate surface area is 120 Å². The summed E-state index contributed by atoms with van der Waals surface area (Å²) in [5.74, 6) is 0. The Bertz CT molecular complexity index is 438. The van der Waals surface area contributed by atoms with E-state index in [9.17, 15) is 4.79 Å². The first-order valence-corrected chi connectivity index (χ1v) is 7.17. The average Bonchev–Trinajstić information content (AvgIpc) is 2.49. The van der Waals surface area contributed by atoms with Crippen molar-refractivity contribution in [2.24, 2.45) is 5.73 Å². The zero-order valence-electron chi connectivity index (χ0n) is 12.3. The lowest BCUT2D eigenvalue weighted by Gasteiger charge is -2.37. The lowest BCUT2D eigenvalue weighted by atomic mass is 10.2. The largest absolute Gasteiger partial charge is 0.329 e. The maximum absolute atomic E-state index is 12.2. The van der Waals surface area contributed by atoms with Gasteiger partial charge >= 0.3 is 6.03 Å². The highest BCUT2D eigenvalue weighted by Gasteiger charge is 2.23. The molecule has 5 nitrogen and oxygen atoms in total. The van der Waals surface area contributed by atoms with Crippen molar-refractivity contribution in [3.8, 4) is 0 Å². The van der Waals surface area contributed by atoms with E-state index < -0.39 is 0 Å². The molecule has 110 valence electrons. The molecule has 3 N–H and O–H groups in total. The third kappa shape index (κ3) is 3.71. The minimum atomic E-state index is -0.0195. The Hall–Kier alpha value is -1.59. The maximum Gasteiger partial charge on any atom is 0.321 e. The van der Waals surface area contributed by atoms with Gasteiger partial charge in [0.1, 0.15) is 0 Å². The smallest absolute Gasteiger partial charge is 0.321 e. The van der Waals surface area contributed by atoms with Gasteiger partial charge in [-0.25, -0.2) is 4.79 Å². The van der Waals surface area contributed by atoms with Gasteiger partial charge in [0.2, 0.25) is 0 Å². The SMILES string of the molecule is Cc1ccc(NC(=O)N2CCN(C(C)CN)CC2)cc1. The minimum Gasteiger partial charge on any atom is -0.329 e. The number of carbonyl (C=O) groups is 1. The van der Waals surface area contributed by atoms with Gasteiger partial charge in [-0.1, -0.05) is 17.7 Å². The summed E-state index contributed by atoms with van der Waals surface area (Å²) in [5, 5.41) is 2.94. The summed E-state index contributed by atoms with van der Waals surface area (Å²) in [6, 6.07) is 8.22. The molecule has 0 radical (unpaired) electrons. The molecule has 5 heteroatoms. The number of anilines is 1. The van der Waals surface area contributed by atoms with Crippen LogP contribution in [-0.4, -0.2) is 54.6 Å². The van der Waals surface area contributed by atoms with Crippen LogP contribution in [0.4, 0.5) is 10.5 Å². The number of carbonyl (C=O) groups excluding carboxylic acids is 1. The van der Waals surface area contributed by atoms with Crippen LogP contribution in [-0.2, 0) is 0 Å². The Morgan fingerprint density at radius 2 is 1.85 bits per heavy atom. The van der Waals surface area contributed by atoms with E-state index in [1.54, 1.807) is 0 Å². The second-order valence-corrected chi connectivity index (χ2v) is 5.40. The molecule has 0 aromatic heterocycles. The van der Waals surface area contributed by atoms with E-state index in [1.165, 1.54) is 5.56 Å². The molecule has 1 fully saturated rings. The standard InChI is InChI=1S/C15H24N4O/c1-12-3-5-14(6-4-12)17-15(20)19-9-7-18(8-10-19)13(2)11-16/h3-6,13H,7-11,16H2,1-2H3,(H,17,20). The Kier molecular flexibility index (Phi) is 4.98. The summed E-state index contributed by atoms with van der Waals surface area (Å²) in [5.41, 5.74) is 7.71. The molecule has 1 heterocycles. The fourth-order valence-electron chi connectivity index (χ4n) is 2.35. The zero-order chi connectivity index (χ0) is 14.5. The van der Waals surface area contributed by atoms with E-state index in [4.69, 9.17) is 5.73 Å². The molecule has 1 saturated heterocycles. The highest BCUT2D eigenvalue weighted by molar-refractivity contribution is 5.89. The van der Waals surface area contributed by atoms with Crippen LogP contribution in [0, 0.1) is 6.92 Å². The molecule has 0 aliphatic carbocycles. The van der Waals surface area contributed by atoms with Gasteiger partial charge in [-0.3, -0.25) is 4.90 Å². The summed E-state index contributed by atoms with van der Waals surface area (Å²) >= 11 is 0. The number of urea groups is 1. The van der Waals surface area contributed by atoms with E-state index >= 15 is 0 Å². The molecule has 1 unspecified atom stereocenters. The molecular weight excluding hydrogens is 252 g/mol. The number of piperazine rings is 1. The number of aryl methyl sites for hydroxylation is 1. The van der Waals surface area contributed by atoms with Gasteiger partial charge in [-0.2, -0.15) is 0 Å². The second-order valence-electron chi connectivity index (χ2n) is 5.40. The van der Waals surface area contributed by atoms with Crippen LogP contribution in [0.5, 0.6) is 0 Å². The monoisotopic (exact) mass is 276 g/mol. The van der Waals surface area contributed by atoms with Crippen LogP contribution in [0.3, 0.4) is 0 Å². The summed E-state index contributed by atoms with van der Waals surface area (Å²) in [7, 11) is 0. The van der Waals surface area contributed by atoms with E-state index in [1.807, 2.05) is 36.1 Å². The Morgan fingerprint density at radius 3 is 2.40 bits per heavy atom. The number of benzene rings is 1. The Morgan fingerprint density at radius 1 is 1.25 bits per heavy atom. The molecule has 2 rings (SSSR count). The van der Waals surface area contributed by atoms with Gasteiger partial charge in [0.05, 0.1) is 0 Å². The van der Waals surface area contributed by atoms with E-state index in [2.05, 4.69) is 17.1 Å². The number of nitrogens with zero attached hydrogens (tertiary/aromatic N) is 2. The van der Waals surface area contributed by atoms with Crippen molar-refractivity contribution in [2.75, 3.05) is 38.0 Å². The molecular formula is C15H24N4O. The number of amides is 2. The summed E-state index contributed by atoms with van der Waals surface area (Å²) < 4.78 is 0. The van der Waals surface area contributed by atoms with Crippen molar-refractivity contribution in [1.29, 1.82) is 0 Å². The predicted molar refractivity (Wildman–Crippen MR) is 81.9 cm³/mol. The predicted octanol–water partition coefficient (Wildman–Crippen LogP) is 1.49. The highest BCUT2D eigenvalue weighted by atomic mass is 16.2. The molecule has 2 amide bonds. The lowest BCUT2D eigenvalue weighted by Crippen LogP contribution is -2.53. The average molecular weight is 276 g/mol. The molecule has 0 bridgehead atoms. The number of hydrogen-bond donors (Lipinski definition) is 2. The number of rotatable bonds is 3. The minimum absolute atomic E-state index is 0.0195. The fraction of sp³-hybridized carbons (Fsp3) is 0.533. The molecule has 0 spiro atoms. The molecule has 1 aromatic carbocycles. The van der Waals surface area contributed by atoms with E-state index in [0.29, 0.717) is 12.6 Å². The molecule has 20 heavy (non-hydrogen) atoms. The van der Waals surface area contributed by atoms with Crippen LogP contribution in [0.1, 0.15) is 12.5 Å². The quantitative estimate of drug-likeness (QED) is 0.879. The van der Waals surface area contributed by atoms with Crippen LogP contribution in [0.15, 0.2) is 24.3 Å². The maximum atomic E-state index is 12.2. The van der Waals surface area contributed by atoms with Crippen LogP contribution in [0.2, 0.25) is 0 Å². The van der Waals surface area contributed by atoms with Gasteiger partial charge in [-0.15, -0.1) is 0 Å². The van der Waals surface area contributed by atoms with Gasteiger partial charge in [0, 0.05) is 44.5 Å². The number of nitrogens with two attached hydrogens (primary N) is 1. The third-order valence-corrected chi connectivity index (χ3v) is 3.87. The molecule has 1 atom stereocenters. The molecule has 0 saturated carbocycles. The van der Waals surface area contributed by atoms with Crippen molar-refractivity contribution >= 4 is 11.7 Å². The van der Waals surface area contributed by atoms with Crippen molar-refractivity contribution < 1.29 is 4.79 Å². The summed E-state index contributed by atoms with van der Waals surface area (Å²) in [4.78, 5) is 16.4. The highest BCUT2D eigenvalue weighted by Crippen LogP contribution is 2.11. The van der Waals surface area contributed by atoms with Crippen LogP contribution >= 0.6 is 0 Å². The van der Waals surface area contributed by atoms with E-state index in [-0.39, 0.29) is 6.03 Å². The number of nitrogens with one attached hydrogen (secondary N) is 1. The zero-order valence-corrected chi connectivity index (χ0v) is 12.3. The van der Waals surface area contributed by atoms with Crippen molar-refractivity contribution in [2.45, 2.75) is 19.9 Å². The van der Waals surface area contributed by atoms with Crippen LogP contribution < -0.4 is 11.1 Å². The first-order valence-electron chi connectivity index (χ1n) is 7.17. The van der Waals surface area contributed by atoms with Crippen molar-refractivity contribution in [3.63, 3.8) is 0 Å². The topological polar surface area (TPSA) is 61.6 Å². The van der Waals surface area contributed by atoms with Crippen LogP contribution in [0.25, 0.3) is 0 Å². The normalized spacial score (nSPS) is 17.9. The number of hydrogen-bond acceptors (Lipinski definition) is 3. The van der Waals surface area contributed by atoms with Gasteiger partial charge in [0.25, 0.3) is 0 Å². The van der Waals surface area contributed by atoms with Crippen molar-refractivity contribution in [3.05, 3.63) is 29.8 Å². The molecule has 1 aromatic rings. The first kappa shape index (κ1) is 14.8. The fourth-order valence-corrected chi connectivity index (χ4v) is 2.35. The van der Waals surface area contributed by atoms with Gasteiger partial charge in [0.15, 0.2) is 0 Å². The van der Waals surface area contributed by atoms with E-state index in [0.717, 1.165) is 31.9 Å². The summed E-state index contributed by atoms with van der Waals surface area (Å²) in [6.07, 6.45) is 0. The van der Waals surface area contributed by atoms with Crippen molar-refractivity contribution in [1.82, 2.24) is 9.80 Å². The Balaban J connectivity index is 1.84. The third-order valence-electron chi connectivity index (χ3n) is 3.87.